The molecule has 1 aliphatic carbocycles. The van der Waals surface area contributed by atoms with Gasteiger partial charge in [-0.05, 0) is 24.1 Å². The summed E-state index contributed by atoms with van der Waals surface area (Å²) in [5, 5.41) is 19.9. The molecule has 0 saturated heterocycles. The van der Waals surface area contributed by atoms with Crippen molar-refractivity contribution in [3.05, 3.63) is 33.8 Å². The van der Waals surface area contributed by atoms with Gasteiger partial charge in [-0.2, -0.15) is 5.26 Å². The van der Waals surface area contributed by atoms with Crippen LogP contribution in [0.25, 0.3) is 0 Å². The fourth-order valence-electron chi connectivity index (χ4n) is 2.27. The molecule has 2 unspecified atom stereocenters. The number of aliphatic hydroxyl groups is 1. The van der Waals surface area contributed by atoms with E-state index in [4.69, 9.17) is 23.2 Å². The zero-order valence-corrected chi connectivity index (χ0v) is 11.0. The summed E-state index contributed by atoms with van der Waals surface area (Å²) in [7, 11) is 0. The molecule has 0 heterocycles. The van der Waals surface area contributed by atoms with E-state index >= 15 is 0 Å². The number of hydrogen-bond donors (Lipinski definition) is 1. The molecule has 1 saturated carbocycles. The standard InChI is InChI=1S/C13H11Cl2NO2/c14-9-2-1-8(5-10(9)15)13(7-16)4-3-11(17)12(18)6-13/h1-2,5,12,18H,3-4,6H2. The highest BCUT2D eigenvalue weighted by molar-refractivity contribution is 6.42. The van der Waals surface area contributed by atoms with Gasteiger partial charge in [0.15, 0.2) is 5.78 Å². The third-order valence-corrected chi connectivity index (χ3v) is 4.14. The molecular formula is C13H11Cl2NO2. The van der Waals surface area contributed by atoms with Gasteiger partial charge in [0.25, 0.3) is 0 Å². The fraction of sp³-hybridized carbons (Fsp3) is 0.385. The van der Waals surface area contributed by atoms with Crippen molar-refractivity contribution in [1.29, 1.82) is 5.26 Å². The number of rotatable bonds is 1. The number of carbonyl (C=O) groups is 1. The first-order valence-electron chi connectivity index (χ1n) is 5.56. The van der Waals surface area contributed by atoms with Crippen LogP contribution >= 0.6 is 23.2 Å². The van der Waals surface area contributed by atoms with Crippen LogP contribution < -0.4 is 0 Å². The van der Waals surface area contributed by atoms with Gasteiger partial charge >= 0.3 is 0 Å². The predicted molar refractivity (Wildman–Crippen MR) is 68.6 cm³/mol. The van der Waals surface area contributed by atoms with E-state index in [0.717, 1.165) is 0 Å². The lowest BCUT2D eigenvalue weighted by Crippen LogP contribution is -2.39. The topological polar surface area (TPSA) is 61.1 Å². The van der Waals surface area contributed by atoms with Crippen LogP contribution in [0.3, 0.4) is 0 Å². The Hall–Kier alpha value is -1.08. The third kappa shape index (κ3) is 2.24. The third-order valence-electron chi connectivity index (χ3n) is 3.40. The minimum atomic E-state index is -1.08. The van der Waals surface area contributed by atoms with E-state index in [9.17, 15) is 15.2 Å². The van der Waals surface area contributed by atoms with E-state index in [0.29, 0.717) is 22.0 Å². The zero-order chi connectivity index (χ0) is 13.3. The van der Waals surface area contributed by atoms with Gasteiger partial charge < -0.3 is 5.11 Å². The smallest absolute Gasteiger partial charge is 0.161 e. The van der Waals surface area contributed by atoms with Gasteiger partial charge in [0.1, 0.15) is 6.10 Å². The molecule has 1 aliphatic rings. The molecular weight excluding hydrogens is 273 g/mol. The van der Waals surface area contributed by atoms with Crippen LogP contribution in [-0.2, 0) is 10.2 Å². The molecule has 2 rings (SSSR count). The van der Waals surface area contributed by atoms with Gasteiger partial charge in [0.2, 0.25) is 0 Å². The Labute approximate surface area is 115 Å². The molecule has 2 atom stereocenters. The molecule has 3 nitrogen and oxygen atoms in total. The van der Waals surface area contributed by atoms with Gasteiger partial charge in [0.05, 0.1) is 21.5 Å². The lowest BCUT2D eigenvalue weighted by molar-refractivity contribution is -0.130. The summed E-state index contributed by atoms with van der Waals surface area (Å²) in [5.74, 6) is -0.207. The average molecular weight is 284 g/mol. The fourth-order valence-corrected chi connectivity index (χ4v) is 2.57. The number of hydrogen-bond acceptors (Lipinski definition) is 3. The SMILES string of the molecule is N#CC1(c2ccc(Cl)c(Cl)c2)CCC(=O)C(O)C1. The Kier molecular flexibility index (Phi) is 3.63. The highest BCUT2D eigenvalue weighted by atomic mass is 35.5. The first-order valence-corrected chi connectivity index (χ1v) is 6.32. The Morgan fingerprint density at radius 2 is 2.11 bits per heavy atom. The summed E-state index contributed by atoms with van der Waals surface area (Å²) in [6.07, 6.45) is -0.361. The van der Waals surface area contributed by atoms with Crippen LogP contribution in [0.15, 0.2) is 18.2 Å². The lowest BCUT2D eigenvalue weighted by Gasteiger charge is -2.33. The highest BCUT2D eigenvalue weighted by Crippen LogP contribution is 2.39. The van der Waals surface area contributed by atoms with Crippen molar-refractivity contribution in [3.8, 4) is 6.07 Å². The molecule has 0 spiro atoms. The summed E-state index contributed by atoms with van der Waals surface area (Å²) < 4.78 is 0. The number of benzene rings is 1. The van der Waals surface area contributed by atoms with Crippen molar-refractivity contribution in [2.75, 3.05) is 0 Å². The largest absolute Gasteiger partial charge is 0.385 e. The second kappa shape index (κ2) is 4.89. The zero-order valence-electron chi connectivity index (χ0n) is 9.49. The number of ketones is 1. The van der Waals surface area contributed by atoms with E-state index in [2.05, 4.69) is 6.07 Å². The van der Waals surface area contributed by atoms with Crippen molar-refractivity contribution in [3.63, 3.8) is 0 Å². The minimum Gasteiger partial charge on any atom is -0.385 e. The van der Waals surface area contributed by atoms with Crippen molar-refractivity contribution in [2.45, 2.75) is 30.8 Å². The number of halogens is 2. The molecule has 1 fully saturated rings. The molecule has 0 aliphatic heterocycles. The molecule has 1 N–H and O–H groups in total. The Morgan fingerprint density at radius 3 is 2.67 bits per heavy atom. The number of carbonyl (C=O) groups excluding carboxylic acids is 1. The molecule has 1 aromatic rings. The van der Waals surface area contributed by atoms with Crippen LogP contribution in [0, 0.1) is 11.3 Å². The van der Waals surface area contributed by atoms with E-state index in [1.165, 1.54) is 0 Å². The minimum absolute atomic E-state index is 0.111. The molecule has 0 bridgehead atoms. The van der Waals surface area contributed by atoms with Gasteiger partial charge in [-0.15, -0.1) is 0 Å². The number of nitrogens with zero attached hydrogens (tertiary/aromatic N) is 1. The van der Waals surface area contributed by atoms with Crippen molar-refractivity contribution >= 4 is 29.0 Å². The first kappa shape index (κ1) is 13.4. The monoisotopic (exact) mass is 283 g/mol. The number of Topliss-reactive ketones (excluding diaryl/α,β-unsaturated/α-hetero) is 1. The maximum atomic E-state index is 11.3. The summed E-state index contributed by atoms with van der Waals surface area (Å²) in [5.41, 5.74) is -0.160. The normalized spacial score (nSPS) is 27.9. The van der Waals surface area contributed by atoms with Crippen molar-refractivity contribution in [1.82, 2.24) is 0 Å². The summed E-state index contributed by atoms with van der Waals surface area (Å²) >= 11 is 11.8. The van der Waals surface area contributed by atoms with Crippen molar-refractivity contribution < 1.29 is 9.90 Å². The van der Waals surface area contributed by atoms with E-state index in [1.54, 1.807) is 18.2 Å². The molecule has 0 aromatic heterocycles. The number of aliphatic hydroxyl groups excluding tert-OH is 1. The summed E-state index contributed by atoms with van der Waals surface area (Å²) in [6, 6.07) is 7.20. The van der Waals surface area contributed by atoms with Crippen LogP contribution in [0.5, 0.6) is 0 Å². The average Bonchev–Trinajstić information content (AvgIpc) is 2.36. The lowest BCUT2D eigenvalue weighted by atomic mass is 9.69. The maximum absolute atomic E-state index is 11.3. The Balaban J connectivity index is 2.42. The van der Waals surface area contributed by atoms with E-state index < -0.39 is 11.5 Å². The highest BCUT2D eigenvalue weighted by Gasteiger charge is 2.41. The molecule has 0 amide bonds. The van der Waals surface area contributed by atoms with Gasteiger partial charge in [-0.3, -0.25) is 4.79 Å². The second-order valence-corrected chi connectivity index (χ2v) is 5.32. The predicted octanol–water partition coefficient (Wildman–Crippen LogP) is 2.87. The van der Waals surface area contributed by atoms with E-state index in [1.807, 2.05) is 0 Å². The second-order valence-electron chi connectivity index (χ2n) is 4.51. The van der Waals surface area contributed by atoms with Gasteiger partial charge in [-0.1, -0.05) is 29.3 Å². The maximum Gasteiger partial charge on any atom is 0.161 e. The summed E-state index contributed by atoms with van der Waals surface area (Å²) in [6.45, 7) is 0. The first-order chi connectivity index (χ1) is 8.48. The number of nitriles is 1. The van der Waals surface area contributed by atoms with Gasteiger partial charge in [-0.25, -0.2) is 0 Å². The van der Waals surface area contributed by atoms with Crippen molar-refractivity contribution in [2.24, 2.45) is 0 Å². The van der Waals surface area contributed by atoms with Crippen LogP contribution in [0.4, 0.5) is 0 Å². The molecule has 0 radical (unpaired) electrons. The van der Waals surface area contributed by atoms with Crippen LogP contribution in [-0.4, -0.2) is 17.0 Å². The quantitative estimate of drug-likeness (QED) is 0.862. The Morgan fingerprint density at radius 1 is 1.39 bits per heavy atom. The van der Waals surface area contributed by atoms with E-state index in [-0.39, 0.29) is 18.6 Å². The molecule has 5 heteroatoms. The van der Waals surface area contributed by atoms with Gasteiger partial charge in [0, 0.05) is 12.8 Å². The molecule has 94 valence electrons. The summed E-state index contributed by atoms with van der Waals surface area (Å²) in [4.78, 5) is 11.3. The van der Waals surface area contributed by atoms with Crippen LogP contribution in [0.1, 0.15) is 24.8 Å². The Bertz CT molecular complexity index is 538. The molecule has 18 heavy (non-hydrogen) atoms. The molecule has 1 aromatic carbocycles. The van der Waals surface area contributed by atoms with Crippen LogP contribution in [0.2, 0.25) is 10.0 Å².